The van der Waals surface area contributed by atoms with Crippen molar-refractivity contribution in [3.8, 4) is 0 Å². The van der Waals surface area contributed by atoms with Gasteiger partial charge in [-0.3, -0.25) is 4.79 Å². The number of carbonyl (C=O) groups is 1. The molecular weight excluding hydrogens is 265 g/mol. The number of halogens is 4. The molecule has 0 unspecified atom stereocenters. The molecule has 0 saturated heterocycles. The highest BCUT2D eigenvalue weighted by atomic mass is 35.5. The van der Waals surface area contributed by atoms with Gasteiger partial charge in [-0.25, -0.2) is 0 Å². The molecule has 0 amide bonds. The van der Waals surface area contributed by atoms with Crippen molar-refractivity contribution in [1.29, 1.82) is 0 Å². The number of alkyl halides is 3. The summed E-state index contributed by atoms with van der Waals surface area (Å²) in [5.74, 6) is 0. The van der Waals surface area contributed by atoms with E-state index in [9.17, 15) is 18.0 Å². The van der Waals surface area contributed by atoms with Crippen LogP contribution in [0.1, 0.15) is 6.92 Å². The van der Waals surface area contributed by atoms with Crippen molar-refractivity contribution in [3.63, 3.8) is 0 Å². The fourth-order valence-corrected chi connectivity index (χ4v) is 0.961. The van der Waals surface area contributed by atoms with Gasteiger partial charge in [-0.05, 0) is 18.5 Å². The molecule has 0 radical (unpaired) electrons. The van der Waals surface area contributed by atoms with Crippen molar-refractivity contribution in [2.24, 2.45) is 0 Å². The second-order valence-electron chi connectivity index (χ2n) is 3.26. The summed E-state index contributed by atoms with van der Waals surface area (Å²) in [6.45, 7) is 0.664. The Morgan fingerprint density at radius 2 is 1.71 bits per heavy atom. The number of ether oxygens (including phenoxy) is 3. The Morgan fingerprint density at radius 3 is 2.12 bits per heavy atom. The average Bonchev–Trinajstić information content (AvgIpc) is 2.20. The van der Waals surface area contributed by atoms with Gasteiger partial charge in [0.15, 0.2) is 0 Å². The van der Waals surface area contributed by atoms with E-state index in [1.54, 1.807) is 0 Å². The van der Waals surface area contributed by atoms with Crippen LogP contribution in [0.5, 0.6) is 0 Å². The van der Waals surface area contributed by atoms with Gasteiger partial charge in [-0.15, -0.1) is 0 Å². The first kappa shape index (κ1) is 16.6. The summed E-state index contributed by atoms with van der Waals surface area (Å²) >= 11 is 4.89. The molecule has 0 rings (SSSR count). The minimum Gasteiger partial charge on any atom is -0.382 e. The molecule has 102 valence electrons. The fraction of sp³-hybridized carbons (Fsp3) is 0.889. The van der Waals surface area contributed by atoms with Crippen LogP contribution in [-0.2, 0) is 19.0 Å². The van der Waals surface area contributed by atoms with Crippen LogP contribution < -0.4 is 0 Å². The van der Waals surface area contributed by atoms with E-state index in [2.05, 4.69) is 9.47 Å². The second-order valence-corrected chi connectivity index (χ2v) is 3.60. The van der Waals surface area contributed by atoms with Gasteiger partial charge in [-0.2, -0.15) is 13.2 Å². The van der Waals surface area contributed by atoms with Crippen molar-refractivity contribution >= 4 is 16.8 Å². The van der Waals surface area contributed by atoms with Gasteiger partial charge in [0.25, 0.3) is 5.24 Å². The molecule has 8 heteroatoms. The lowest BCUT2D eigenvalue weighted by molar-refractivity contribution is -0.258. The highest BCUT2D eigenvalue weighted by molar-refractivity contribution is 6.65. The van der Waals surface area contributed by atoms with Crippen LogP contribution in [0.15, 0.2) is 0 Å². The zero-order valence-corrected chi connectivity index (χ0v) is 10.2. The van der Waals surface area contributed by atoms with E-state index in [4.69, 9.17) is 16.3 Å². The summed E-state index contributed by atoms with van der Waals surface area (Å²) in [6, 6.07) is 0. The quantitative estimate of drug-likeness (QED) is 0.501. The zero-order valence-electron chi connectivity index (χ0n) is 9.47. The first-order valence-electron chi connectivity index (χ1n) is 4.73. The van der Waals surface area contributed by atoms with Crippen LogP contribution in [0.2, 0.25) is 0 Å². The Bertz CT molecular complexity index is 247. The van der Waals surface area contributed by atoms with Crippen molar-refractivity contribution in [2.75, 3.05) is 33.5 Å². The Balaban J connectivity index is 4.09. The Hall–Kier alpha value is -0.370. The van der Waals surface area contributed by atoms with Crippen molar-refractivity contribution < 1.29 is 32.2 Å². The molecule has 0 aromatic rings. The van der Waals surface area contributed by atoms with E-state index >= 15 is 0 Å². The predicted octanol–water partition coefficient (Wildman–Crippen LogP) is 1.75. The first-order valence-corrected chi connectivity index (χ1v) is 5.11. The average molecular weight is 279 g/mol. The maximum absolute atomic E-state index is 12.5. The van der Waals surface area contributed by atoms with Crippen LogP contribution in [0.4, 0.5) is 13.2 Å². The predicted molar refractivity (Wildman–Crippen MR) is 54.0 cm³/mol. The molecule has 0 bridgehead atoms. The largest absolute Gasteiger partial charge is 0.425 e. The highest BCUT2D eigenvalue weighted by Gasteiger charge is 2.57. The van der Waals surface area contributed by atoms with Gasteiger partial charge < -0.3 is 14.2 Å². The van der Waals surface area contributed by atoms with E-state index in [1.165, 1.54) is 7.11 Å². The molecule has 0 fully saturated rings. The molecule has 17 heavy (non-hydrogen) atoms. The summed E-state index contributed by atoms with van der Waals surface area (Å²) in [6.07, 6.45) is -4.86. The van der Waals surface area contributed by atoms with E-state index < -0.39 is 23.6 Å². The second kappa shape index (κ2) is 7.15. The Morgan fingerprint density at radius 1 is 1.18 bits per heavy atom. The minimum absolute atomic E-state index is 0.0841. The van der Waals surface area contributed by atoms with Gasteiger partial charge in [0, 0.05) is 7.11 Å². The van der Waals surface area contributed by atoms with Crippen LogP contribution in [0.3, 0.4) is 0 Å². The number of hydrogen-bond acceptors (Lipinski definition) is 4. The van der Waals surface area contributed by atoms with Gasteiger partial charge >= 0.3 is 6.18 Å². The van der Waals surface area contributed by atoms with Crippen LogP contribution in [-0.4, -0.2) is 50.6 Å². The number of methoxy groups -OCH3 is 1. The summed E-state index contributed by atoms with van der Waals surface area (Å²) in [5.41, 5.74) is -3.00. The van der Waals surface area contributed by atoms with Gasteiger partial charge in [-0.1, -0.05) is 0 Å². The highest BCUT2D eigenvalue weighted by Crippen LogP contribution is 2.35. The lowest BCUT2D eigenvalue weighted by atomic mass is 10.1. The molecular formula is C9H14ClF3O4. The maximum atomic E-state index is 12.5. The summed E-state index contributed by atoms with van der Waals surface area (Å²) in [7, 11) is 1.47. The van der Waals surface area contributed by atoms with E-state index in [1.807, 2.05) is 0 Å². The molecule has 1 atom stereocenters. The first-order chi connectivity index (χ1) is 7.75. The van der Waals surface area contributed by atoms with E-state index in [-0.39, 0.29) is 13.2 Å². The van der Waals surface area contributed by atoms with Crippen LogP contribution >= 0.6 is 11.6 Å². The monoisotopic (exact) mass is 278 g/mol. The third-order valence-electron chi connectivity index (χ3n) is 1.97. The van der Waals surface area contributed by atoms with Crippen molar-refractivity contribution in [2.45, 2.75) is 18.7 Å². The number of hydrogen-bond donors (Lipinski definition) is 0. The fourth-order valence-electron chi connectivity index (χ4n) is 0.799. The standard InChI is InChI=1S/C9H14ClF3O4/c1-8(7(10)14,9(11,12)13)17-6-5-16-4-3-15-2/h3-6H2,1-2H3/t8-/m0/s1. The molecule has 0 aromatic heterocycles. The molecule has 0 heterocycles. The van der Waals surface area contributed by atoms with E-state index in [0.717, 1.165) is 0 Å². The third kappa shape index (κ3) is 5.20. The molecule has 0 saturated carbocycles. The summed E-state index contributed by atoms with van der Waals surface area (Å²) < 4.78 is 51.5. The lowest BCUT2D eigenvalue weighted by Gasteiger charge is -2.28. The summed E-state index contributed by atoms with van der Waals surface area (Å²) in [4.78, 5) is 10.7. The molecule has 0 aliphatic heterocycles. The molecule has 0 aromatic carbocycles. The Kier molecular flexibility index (Phi) is 6.99. The SMILES string of the molecule is COCCOCCO[C@@](C)(C(=O)Cl)C(F)(F)F. The van der Waals surface area contributed by atoms with Gasteiger partial charge in [0.05, 0.1) is 26.4 Å². The van der Waals surface area contributed by atoms with Gasteiger partial charge in [0.1, 0.15) is 0 Å². The maximum Gasteiger partial charge on any atom is 0.425 e. The van der Waals surface area contributed by atoms with Gasteiger partial charge in [0.2, 0.25) is 5.60 Å². The van der Waals surface area contributed by atoms with Crippen LogP contribution in [0.25, 0.3) is 0 Å². The lowest BCUT2D eigenvalue weighted by Crippen LogP contribution is -2.50. The normalized spacial score (nSPS) is 15.6. The van der Waals surface area contributed by atoms with Crippen molar-refractivity contribution in [3.05, 3.63) is 0 Å². The minimum atomic E-state index is -4.86. The topological polar surface area (TPSA) is 44.8 Å². The number of rotatable bonds is 8. The molecule has 0 aliphatic rings. The third-order valence-corrected chi connectivity index (χ3v) is 2.33. The molecule has 0 aliphatic carbocycles. The molecule has 0 N–H and O–H groups in total. The summed E-state index contributed by atoms with van der Waals surface area (Å²) in [5, 5.41) is -1.61. The number of carbonyl (C=O) groups excluding carboxylic acids is 1. The molecule has 0 spiro atoms. The van der Waals surface area contributed by atoms with Crippen LogP contribution in [0, 0.1) is 0 Å². The van der Waals surface area contributed by atoms with E-state index in [0.29, 0.717) is 13.5 Å². The Labute approximate surface area is 102 Å². The zero-order chi connectivity index (χ0) is 13.5. The smallest absolute Gasteiger partial charge is 0.382 e. The molecule has 4 nitrogen and oxygen atoms in total. The van der Waals surface area contributed by atoms with Crippen molar-refractivity contribution in [1.82, 2.24) is 0 Å².